The molecule has 0 saturated carbocycles. The van der Waals surface area contributed by atoms with E-state index in [1.165, 1.54) is 11.8 Å². The molecule has 1 amide bonds. The zero-order valence-electron chi connectivity index (χ0n) is 19.7. The number of fused-ring (bicyclic) bond motifs is 1. The molecule has 3 aromatic rings. The molecule has 37 heavy (non-hydrogen) atoms. The highest BCUT2D eigenvalue weighted by Gasteiger charge is 2.36. The maximum atomic E-state index is 12.9. The van der Waals surface area contributed by atoms with Gasteiger partial charge in [-0.2, -0.15) is 4.99 Å². The molecule has 1 N–H and O–H groups in total. The van der Waals surface area contributed by atoms with Crippen LogP contribution in [0.4, 0.5) is 0 Å². The van der Waals surface area contributed by atoms with E-state index in [-0.39, 0.29) is 18.0 Å². The number of aliphatic imine (C=N–C) groups is 1. The number of amidine groups is 2. The van der Waals surface area contributed by atoms with Gasteiger partial charge >= 0.3 is 0 Å². The van der Waals surface area contributed by atoms with Crippen LogP contribution in [0.2, 0.25) is 10.0 Å². The predicted octanol–water partition coefficient (Wildman–Crippen LogP) is 7.28. The first-order chi connectivity index (χ1) is 17.9. The van der Waals surface area contributed by atoms with Crippen LogP contribution in [0, 0.1) is 5.41 Å². The zero-order valence-corrected chi connectivity index (χ0v) is 22.0. The molecule has 0 unspecified atom stereocenters. The quantitative estimate of drug-likeness (QED) is 0.313. The van der Waals surface area contributed by atoms with Crippen molar-refractivity contribution in [2.75, 3.05) is 6.61 Å². The maximum absolute atomic E-state index is 12.9. The highest BCUT2D eigenvalue weighted by atomic mass is 35.5. The van der Waals surface area contributed by atoms with Gasteiger partial charge in [0.15, 0.2) is 16.7 Å². The van der Waals surface area contributed by atoms with Crippen LogP contribution in [0.15, 0.2) is 82.7 Å². The first-order valence-corrected chi connectivity index (χ1v) is 13.1. The van der Waals surface area contributed by atoms with Crippen LogP contribution in [0.1, 0.15) is 23.6 Å². The first-order valence-electron chi connectivity index (χ1n) is 11.4. The van der Waals surface area contributed by atoms with E-state index < -0.39 is 5.91 Å². The number of nitrogens with one attached hydrogen (secondary N) is 1. The smallest absolute Gasteiger partial charge is 0.283 e. The van der Waals surface area contributed by atoms with Gasteiger partial charge in [-0.05, 0) is 54.0 Å². The van der Waals surface area contributed by atoms with Crippen LogP contribution in [-0.2, 0) is 11.4 Å². The van der Waals surface area contributed by atoms with Gasteiger partial charge in [0.05, 0.1) is 22.9 Å². The molecule has 0 aromatic heterocycles. The summed E-state index contributed by atoms with van der Waals surface area (Å²) < 4.78 is 11.8. The van der Waals surface area contributed by atoms with Crippen molar-refractivity contribution in [3.05, 3.63) is 104 Å². The lowest BCUT2D eigenvalue weighted by molar-refractivity contribution is -0.114. The second-order valence-electron chi connectivity index (χ2n) is 8.11. The fraction of sp³-hybridized carbons (Fsp3) is 0.107. The molecule has 0 atom stereocenters. The zero-order chi connectivity index (χ0) is 25.9. The monoisotopic (exact) mass is 549 g/mol. The Labute approximate surface area is 228 Å². The molecular formula is C28H21Cl2N3O3S. The van der Waals surface area contributed by atoms with Gasteiger partial charge in [0, 0.05) is 10.4 Å². The summed E-state index contributed by atoms with van der Waals surface area (Å²) in [5.74, 6) is 0.406. The standard InChI is InChI=1S/C28H21Cl2N3O3S/c1-2-35-24-14-18(13-22(30)25(24)36-15-17-8-10-20(29)11-9-17)12-21-26(31)33-23(19-6-4-3-5-7-19)16-37-28(33)32-27(21)34/h3-14,16,31H,2,15H2,1H3/b21-12+,31-26?. The number of nitrogens with zero attached hydrogens (tertiary/aromatic N) is 2. The molecular weight excluding hydrogens is 529 g/mol. The van der Waals surface area contributed by atoms with Crippen LogP contribution in [0.5, 0.6) is 11.5 Å². The molecule has 186 valence electrons. The van der Waals surface area contributed by atoms with Gasteiger partial charge in [0.2, 0.25) is 0 Å². The van der Waals surface area contributed by atoms with Crippen LogP contribution in [-0.4, -0.2) is 28.4 Å². The lowest BCUT2D eigenvalue weighted by atomic mass is 10.1. The molecule has 0 aliphatic carbocycles. The summed E-state index contributed by atoms with van der Waals surface area (Å²) in [5, 5.41) is 12.2. The van der Waals surface area contributed by atoms with E-state index in [4.69, 9.17) is 38.1 Å². The number of carbonyl (C=O) groups is 1. The lowest BCUT2D eigenvalue weighted by Gasteiger charge is -2.27. The van der Waals surface area contributed by atoms with Crippen molar-refractivity contribution in [3.63, 3.8) is 0 Å². The van der Waals surface area contributed by atoms with Crippen LogP contribution < -0.4 is 9.47 Å². The van der Waals surface area contributed by atoms with E-state index >= 15 is 0 Å². The average Bonchev–Trinajstić information content (AvgIpc) is 3.32. The normalized spacial score (nSPS) is 16.0. The minimum Gasteiger partial charge on any atom is -0.490 e. The van der Waals surface area contributed by atoms with E-state index in [0.717, 1.165) is 16.8 Å². The third kappa shape index (κ3) is 5.30. The van der Waals surface area contributed by atoms with E-state index in [1.54, 1.807) is 35.2 Å². The maximum Gasteiger partial charge on any atom is 0.283 e. The number of amides is 1. The Bertz CT molecular complexity index is 1470. The van der Waals surface area contributed by atoms with Gasteiger partial charge < -0.3 is 9.47 Å². The average molecular weight is 550 g/mol. The second-order valence-corrected chi connectivity index (χ2v) is 9.79. The summed E-state index contributed by atoms with van der Waals surface area (Å²) in [4.78, 5) is 18.8. The third-order valence-electron chi connectivity index (χ3n) is 5.62. The number of carbonyl (C=O) groups excluding carboxylic acids is 1. The Morgan fingerprint density at radius 3 is 2.54 bits per heavy atom. The van der Waals surface area contributed by atoms with E-state index in [1.807, 2.05) is 54.8 Å². The molecule has 2 aliphatic heterocycles. The van der Waals surface area contributed by atoms with Crippen molar-refractivity contribution in [1.29, 1.82) is 5.41 Å². The Morgan fingerprint density at radius 1 is 1.05 bits per heavy atom. The fourth-order valence-corrected chi connectivity index (χ4v) is 5.18. The molecule has 5 rings (SSSR count). The number of hydrogen-bond acceptors (Lipinski definition) is 5. The van der Waals surface area contributed by atoms with Crippen molar-refractivity contribution >= 4 is 63.6 Å². The van der Waals surface area contributed by atoms with Crippen molar-refractivity contribution in [1.82, 2.24) is 4.90 Å². The molecule has 3 aromatic carbocycles. The Kier molecular flexibility index (Phi) is 7.37. The van der Waals surface area contributed by atoms with Gasteiger partial charge in [0.25, 0.3) is 5.91 Å². The molecule has 6 nitrogen and oxygen atoms in total. The predicted molar refractivity (Wildman–Crippen MR) is 150 cm³/mol. The Hall–Kier alpha value is -3.52. The van der Waals surface area contributed by atoms with Crippen molar-refractivity contribution in [2.24, 2.45) is 4.99 Å². The van der Waals surface area contributed by atoms with E-state index in [0.29, 0.717) is 38.9 Å². The van der Waals surface area contributed by atoms with Gasteiger partial charge in [-0.3, -0.25) is 15.1 Å². The first kappa shape index (κ1) is 25.1. The molecule has 0 bridgehead atoms. The minimum atomic E-state index is -0.483. The van der Waals surface area contributed by atoms with Gasteiger partial charge in [0.1, 0.15) is 12.4 Å². The fourth-order valence-electron chi connectivity index (χ4n) is 3.89. The molecule has 0 fully saturated rings. The number of thioether (sulfide) groups is 1. The van der Waals surface area contributed by atoms with Crippen LogP contribution in [0.25, 0.3) is 11.8 Å². The molecule has 9 heteroatoms. The Morgan fingerprint density at radius 2 is 1.81 bits per heavy atom. The van der Waals surface area contributed by atoms with Crippen molar-refractivity contribution < 1.29 is 14.3 Å². The summed E-state index contributed by atoms with van der Waals surface area (Å²) in [6.45, 7) is 2.53. The number of halogens is 2. The Balaban J connectivity index is 1.45. The number of hydrogen-bond donors (Lipinski definition) is 1. The highest BCUT2D eigenvalue weighted by molar-refractivity contribution is 8.17. The SMILES string of the molecule is CCOc1cc(/C=C2\C(=N)N3C(c4ccccc4)=CSC3=NC2=O)cc(Cl)c1OCc1ccc(Cl)cc1. The largest absolute Gasteiger partial charge is 0.490 e. The van der Waals surface area contributed by atoms with Gasteiger partial charge in [-0.15, -0.1) is 0 Å². The van der Waals surface area contributed by atoms with Gasteiger partial charge in [-0.1, -0.05) is 77.4 Å². The third-order valence-corrected chi connectivity index (χ3v) is 6.98. The topological polar surface area (TPSA) is 75.0 Å². The van der Waals surface area contributed by atoms with Crippen molar-refractivity contribution in [3.8, 4) is 11.5 Å². The molecule has 0 radical (unpaired) electrons. The van der Waals surface area contributed by atoms with Crippen LogP contribution in [0.3, 0.4) is 0 Å². The van der Waals surface area contributed by atoms with Gasteiger partial charge in [-0.25, -0.2) is 0 Å². The lowest BCUT2D eigenvalue weighted by Crippen LogP contribution is -2.38. The summed E-state index contributed by atoms with van der Waals surface area (Å²) in [7, 11) is 0. The second kappa shape index (κ2) is 10.8. The summed E-state index contributed by atoms with van der Waals surface area (Å²) >= 11 is 13.9. The van der Waals surface area contributed by atoms with E-state index in [9.17, 15) is 4.79 Å². The number of ether oxygens (including phenoxy) is 2. The molecule has 2 heterocycles. The van der Waals surface area contributed by atoms with Crippen molar-refractivity contribution in [2.45, 2.75) is 13.5 Å². The summed E-state index contributed by atoms with van der Waals surface area (Å²) in [6, 6.07) is 20.5. The molecule has 2 aliphatic rings. The van der Waals surface area contributed by atoms with E-state index in [2.05, 4.69) is 4.99 Å². The minimum absolute atomic E-state index is 0.0484. The number of benzene rings is 3. The summed E-state index contributed by atoms with van der Waals surface area (Å²) in [5.41, 5.74) is 3.40. The van der Waals surface area contributed by atoms with Crippen LogP contribution >= 0.6 is 35.0 Å². The number of rotatable bonds is 7. The molecule has 0 saturated heterocycles. The molecule has 0 spiro atoms. The highest BCUT2D eigenvalue weighted by Crippen LogP contribution is 2.40. The summed E-state index contributed by atoms with van der Waals surface area (Å²) in [6.07, 6.45) is 1.61.